The zero-order valence-electron chi connectivity index (χ0n) is 11.0. The Morgan fingerprint density at radius 2 is 2.05 bits per heavy atom. The molecule has 2 aromatic heterocycles. The van der Waals surface area contributed by atoms with Crippen molar-refractivity contribution < 1.29 is 4.79 Å². The first-order valence-corrected chi connectivity index (χ1v) is 6.64. The van der Waals surface area contributed by atoms with E-state index < -0.39 is 0 Å². The summed E-state index contributed by atoms with van der Waals surface area (Å²) in [6.45, 7) is 1.70. The summed E-state index contributed by atoms with van der Waals surface area (Å²) in [4.78, 5) is 22.5. The van der Waals surface area contributed by atoms with E-state index in [1.54, 1.807) is 24.7 Å². The van der Waals surface area contributed by atoms with Crippen LogP contribution in [0.1, 0.15) is 23.2 Å². The molecule has 7 nitrogen and oxygen atoms in total. The number of nitrogens with zero attached hydrogens (tertiary/aromatic N) is 4. The summed E-state index contributed by atoms with van der Waals surface area (Å²) in [7, 11) is 0. The van der Waals surface area contributed by atoms with Crippen LogP contribution in [-0.4, -0.2) is 45.2 Å². The van der Waals surface area contributed by atoms with E-state index in [1.165, 1.54) is 6.20 Å². The van der Waals surface area contributed by atoms with Crippen LogP contribution in [0, 0.1) is 0 Å². The number of hydrogen-bond donors (Lipinski definition) is 2. The number of amides is 1. The maximum atomic E-state index is 11.9. The third-order valence-electron chi connectivity index (χ3n) is 3.43. The fourth-order valence-corrected chi connectivity index (χ4v) is 2.32. The van der Waals surface area contributed by atoms with E-state index in [0.29, 0.717) is 5.56 Å². The molecule has 0 aliphatic carbocycles. The lowest BCUT2D eigenvalue weighted by Gasteiger charge is -2.32. The van der Waals surface area contributed by atoms with Crippen molar-refractivity contribution in [3.05, 3.63) is 36.4 Å². The van der Waals surface area contributed by atoms with Crippen LogP contribution in [0.4, 0.5) is 5.95 Å². The van der Waals surface area contributed by atoms with Crippen LogP contribution in [0.5, 0.6) is 0 Å². The molecule has 1 amide bonds. The fourth-order valence-electron chi connectivity index (χ4n) is 2.32. The number of carbonyl (C=O) groups is 1. The first-order chi connectivity index (χ1) is 9.83. The van der Waals surface area contributed by atoms with E-state index >= 15 is 0 Å². The summed E-state index contributed by atoms with van der Waals surface area (Å²) in [5, 5.41) is 9.45. The third kappa shape index (κ3) is 2.76. The van der Waals surface area contributed by atoms with Gasteiger partial charge in [0.2, 0.25) is 5.95 Å². The van der Waals surface area contributed by atoms with Crippen molar-refractivity contribution in [2.45, 2.75) is 18.9 Å². The normalized spacial score (nSPS) is 16.1. The number of carbonyl (C=O) groups excluding carboxylic acids is 1. The molecule has 0 aromatic carbocycles. The smallest absolute Gasteiger partial charge is 0.254 e. The zero-order valence-corrected chi connectivity index (χ0v) is 11.0. The molecule has 1 saturated heterocycles. The minimum Gasteiger partial charge on any atom is -0.349 e. The molecule has 0 bridgehead atoms. The van der Waals surface area contributed by atoms with E-state index in [0.717, 1.165) is 31.9 Å². The molecule has 104 valence electrons. The predicted octanol–water partition coefficient (Wildman–Crippen LogP) is 0.598. The molecule has 0 unspecified atom stereocenters. The van der Waals surface area contributed by atoms with Gasteiger partial charge in [0.05, 0.1) is 11.8 Å². The van der Waals surface area contributed by atoms with Crippen LogP contribution < -0.4 is 10.2 Å². The summed E-state index contributed by atoms with van der Waals surface area (Å²) in [6, 6.07) is 2.00. The first kappa shape index (κ1) is 12.6. The van der Waals surface area contributed by atoms with E-state index in [-0.39, 0.29) is 11.9 Å². The van der Waals surface area contributed by atoms with Crippen molar-refractivity contribution >= 4 is 11.9 Å². The highest BCUT2D eigenvalue weighted by Crippen LogP contribution is 2.15. The van der Waals surface area contributed by atoms with Gasteiger partial charge in [-0.15, -0.1) is 0 Å². The van der Waals surface area contributed by atoms with Crippen molar-refractivity contribution in [1.29, 1.82) is 0 Å². The third-order valence-corrected chi connectivity index (χ3v) is 3.43. The van der Waals surface area contributed by atoms with Crippen LogP contribution in [0.25, 0.3) is 0 Å². The van der Waals surface area contributed by atoms with E-state index in [2.05, 4.69) is 30.4 Å². The standard InChI is InChI=1S/C13H16N6O/c20-12(10-8-16-17-9-10)18-11-2-6-19(7-3-11)13-14-4-1-5-15-13/h1,4-5,8-9,11H,2-3,6-7H2,(H,16,17)(H,18,20). The van der Waals surface area contributed by atoms with Crippen molar-refractivity contribution in [2.24, 2.45) is 0 Å². The van der Waals surface area contributed by atoms with Crippen molar-refractivity contribution in [3.63, 3.8) is 0 Å². The van der Waals surface area contributed by atoms with Crippen molar-refractivity contribution in [1.82, 2.24) is 25.5 Å². The minimum atomic E-state index is -0.0758. The lowest BCUT2D eigenvalue weighted by atomic mass is 10.1. The molecule has 1 aliphatic rings. The molecule has 20 heavy (non-hydrogen) atoms. The maximum absolute atomic E-state index is 11.9. The second-order valence-corrected chi connectivity index (χ2v) is 4.77. The quantitative estimate of drug-likeness (QED) is 0.854. The molecular weight excluding hydrogens is 256 g/mol. The molecule has 1 aliphatic heterocycles. The van der Waals surface area contributed by atoms with Crippen molar-refractivity contribution in [3.8, 4) is 0 Å². The minimum absolute atomic E-state index is 0.0758. The molecule has 2 N–H and O–H groups in total. The lowest BCUT2D eigenvalue weighted by Crippen LogP contribution is -2.45. The molecule has 7 heteroatoms. The molecule has 2 aromatic rings. The predicted molar refractivity (Wildman–Crippen MR) is 73.3 cm³/mol. The number of hydrogen-bond acceptors (Lipinski definition) is 5. The fraction of sp³-hybridized carbons (Fsp3) is 0.385. The van der Waals surface area contributed by atoms with Gasteiger partial charge in [0, 0.05) is 37.7 Å². The van der Waals surface area contributed by atoms with Gasteiger partial charge in [-0.05, 0) is 18.9 Å². The van der Waals surface area contributed by atoms with E-state index in [9.17, 15) is 4.79 Å². The number of piperidine rings is 1. The second-order valence-electron chi connectivity index (χ2n) is 4.77. The Hall–Kier alpha value is -2.44. The van der Waals surface area contributed by atoms with Gasteiger partial charge in [-0.3, -0.25) is 9.89 Å². The molecule has 3 heterocycles. The first-order valence-electron chi connectivity index (χ1n) is 6.64. The van der Waals surface area contributed by atoms with Crippen LogP contribution >= 0.6 is 0 Å². The number of aromatic nitrogens is 4. The summed E-state index contributed by atoms with van der Waals surface area (Å²) in [6.07, 6.45) is 8.40. The summed E-state index contributed by atoms with van der Waals surface area (Å²) in [5.74, 6) is 0.681. The van der Waals surface area contributed by atoms with Crippen LogP contribution in [-0.2, 0) is 0 Å². The Balaban J connectivity index is 1.53. The molecule has 0 saturated carbocycles. The van der Waals surface area contributed by atoms with Gasteiger partial charge in [0.25, 0.3) is 5.91 Å². The number of H-pyrrole nitrogens is 1. The highest BCUT2D eigenvalue weighted by atomic mass is 16.1. The average Bonchev–Trinajstić information content (AvgIpc) is 3.03. The Morgan fingerprint density at radius 3 is 2.70 bits per heavy atom. The molecular formula is C13H16N6O. The van der Waals surface area contributed by atoms with Gasteiger partial charge < -0.3 is 10.2 Å². The molecule has 0 spiro atoms. The highest BCUT2D eigenvalue weighted by molar-refractivity contribution is 5.93. The molecule has 0 atom stereocenters. The number of aromatic amines is 1. The average molecular weight is 272 g/mol. The van der Waals surface area contributed by atoms with Gasteiger partial charge in [-0.25, -0.2) is 9.97 Å². The van der Waals surface area contributed by atoms with Gasteiger partial charge in [0.15, 0.2) is 0 Å². The van der Waals surface area contributed by atoms with E-state index in [4.69, 9.17) is 0 Å². The van der Waals surface area contributed by atoms with Crippen LogP contribution in [0.3, 0.4) is 0 Å². The number of anilines is 1. The largest absolute Gasteiger partial charge is 0.349 e. The Morgan fingerprint density at radius 1 is 1.30 bits per heavy atom. The van der Waals surface area contributed by atoms with E-state index in [1.807, 2.05) is 0 Å². The monoisotopic (exact) mass is 272 g/mol. The van der Waals surface area contributed by atoms with Crippen molar-refractivity contribution in [2.75, 3.05) is 18.0 Å². The maximum Gasteiger partial charge on any atom is 0.254 e. The second kappa shape index (κ2) is 5.68. The van der Waals surface area contributed by atoms with Crippen LogP contribution in [0.15, 0.2) is 30.9 Å². The van der Waals surface area contributed by atoms with Gasteiger partial charge in [-0.1, -0.05) is 0 Å². The summed E-state index contributed by atoms with van der Waals surface area (Å²) >= 11 is 0. The van der Waals surface area contributed by atoms with Gasteiger partial charge in [-0.2, -0.15) is 5.10 Å². The highest BCUT2D eigenvalue weighted by Gasteiger charge is 2.22. The SMILES string of the molecule is O=C(NC1CCN(c2ncccn2)CC1)c1cn[nH]c1. The lowest BCUT2D eigenvalue weighted by molar-refractivity contribution is 0.0931. The molecule has 3 rings (SSSR count). The Bertz CT molecular complexity index is 548. The van der Waals surface area contributed by atoms with Gasteiger partial charge >= 0.3 is 0 Å². The molecule has 0 radical (unpaired) electrons. The van der Waals surface area contributed by atoms with Gasteiger partial charge in [0.1, 0.15) is 0 Å². The number of rotatable bonds is 3. The number of nitrogens with one attached hydrogen (secondary N) is 2. The van der Waals surface area contributed by atoms with Crippen LogP contribution in [0.2, 0.25) is 0 Å². The summed E-state index contributed by atoms with van der Waals surface area (Å²) < 4.78 is 0. The molecule has 1 fully saturated rings. The zero-order chi connectivity index (χ0) is 13.8. The Kier molecular flexibility index (Phi) is 3.58. The topological polar surface area (TPSA) is 86.8 Å². The Labute approximate surface area is 116 Å². The summed E-state index contributed by atoms with van der Waals surface area (Å²) in [5.41, 5.74) is 0.568.